The van der Waals surface area contributed by atoms with E-state index in [0.29, 0.717) is 40.9 Å². The highest BCUT2D eigenvalue weighted by atomic mass is 35.5. The third-order valence-electron chi connectivity index (χ3n) is 4.37. The number of benzene rings is 1. The van der Waals surface area contributed by atoms with Crippen LogP contribution in [0.4, 0.5) is 4.39 Å². The molecule has 2 heterocycles. The molecule has 1 aromatic heterocycles. The molecule has 1 aliphatic rings. The highest BCUT2D eigenvalue weighted by Crippen LogP contribution is 2.38. The Hall–Kier alpha value is -1.92. The molecular weight excluding hydrogens is 371 g/mol. The summed E-state index contributed by atoms with van der Waals surface area (Å²) in [5, 5.41) is 3.33. The van der Waals surface area contributed by atoms with Crippen molar-refractivity contribution in [2.45, 2.75) is 51.6 Å². The molecule has 0 saturated carbocycles. The van der Waals surface area contributed by atoms with Gasteiger partial charge in [-0.1, -0.05) is 13.8 Å². The van der Waals surface area contributed by atoms with Crippen LogP contribution in [0.25, 0.3) is 10.9 Å². The number of ether oxygens (including phenoxy) is 2. The summed E-state index contributed by atoms with van der Waals surface area (Å²) in [6.45, 7) is 8.16. The van der Waals surface area contributed by atoms with E-state index in [0.717, 1.165) is 0 Å². The number of carbonyl (C=O) groups excluding carboxylic acids is 1. The van der Waals surface area contributed by atoms with E-state index in [1.54, 1.807) is 6.07 Å². The van der Waals surface area contributed by atoms with Crippen molar-refractivity contribution in [3.05, 3.63) is 35.3 Å². The summed E-state index contributed by atoms with van der Waals surface area (Å²) >= 11 is 6.38. The van der Waals surface area contributed by atoms with Crippen LogP contribution in [0, 0.1) is 12.7 Å². The molecule has 0 spiro atoms. The molecule has 3 atom stereocenters. The number of halogens is 2. The zero-order chi connectivity index (χ0) is 20.1. The van der Waals surface area contributed by atoms with Crippen LogP contribution in [0.3, 0.4) is 0 Å². The maximum absolute atomic E-state index is 13.7. The van der Waals surface area contributed by atoms with Crippen LogP contribution < -0.4 is 10.1 Å². The van der Waals surface area contributed by atoms with E-state index in [4.69, 9.17) is 21.1 Å². The Kier molecular flexibility index (Phi) is 7.39. The molecule has 3 rings (SSSR count). The fraction of sp³-hybridized carbons (Fsp3) is 0.500. The number of aromatic nitrogens is 1. The molecular formula is C20H26ClFN2O3. The molecule has 1 aromatic carbocycles. The van der Waals surface area contributed by atoms with Crippen LogP contribution in [0.15, 0.2) is 18.2 Å². The minimum Gasteiger partial charge on any atom is -0.487 e. The highest BCUT2D eigenvalue weighted by molar-refractivity contribution is 6.21. The average Bonchev–Trinajstić information content (AvgIpc) is 3.12. The smallest absolute Gasteiger partial charge is 0.323 e. The first-order chi connectivity index (χ1) is 12.9. The molecule has 1 N–H and O–H groups in total. The summed E-state index contributed by atoms with van der Waals surface area (Å²) in [5.74, 6) is -0.110. The molecule has 1 saturated heterocycles. The lowest BCUT2D eigenvalue weighted by molar-refractivity contribution is -0.142. The summed E-state index contributed by atoms with van der Waals surface area (Å²) in [4.78, 5) is 16.2. The lowest BCUT2D eigenvalue weighted by atomic mass is 10.0. The Morgan fingerprint density at radius 2 is 2.11 bits per heavy atom. The highest BCUT2D eigenvalue weighted by Gasteiger charge is 2.32. The number of fused-ring (bicyclic) bond motifs is 1. The van der Waals surface area contributed by atoms with Crippen LogP contribution in [0.2, 0.25) is 0 Å². The predicted molar refractivity (Wildman–Crippen MR) is 105 cm³/mol. The van der Waals surface area contributed by atoms with Gasteiger partial charge in [-0.25, -0.2) is 9.37 Å². The minimum atomic E-state index is -0.391. The molecule has 1 aliphatic heterocycles. The van der Waals surface area contributed by atoms with Gasteiger partial charge < -0.3 is 14.8 Å². The van der Waals surface area contributed by atoms with Gasteiger partial charge in [0.15, 0.2) is 0 Å². The number of methoxy groups -OCH3 is 1. The van der Waals surface area contributed by atoms with Gasteiger partial charge in [0, 0.05) is 23.9 Å². The van der Waals surface area contributed by atoms with E-state index in [-0.39, 0.29) is 23.3 Å². The van der Waals surface area contributed by atoms with Gasteiger partial charge in [-0.2, -0.15) is 0 Å². The summed E-state index contributed by atoms with van der Waals surface area (Å²) in [6, 6.07) is 4.04. The van der Waals surface area contributed by atoms with Gasteiger partial charge >= 0.3 is 5.97 Å². The number of aryl methyl sites for hydroxylation is 1. The number of esters is 1. The van der Waals surface area contributed by atoms with Gasteiger partial charge in [0.25, 0.3) is 0 Å². The van der Waals surface area contributed by atoms with Gasteiger partial charge in [-0.15, -0.1) is 11.6 Å². The number of carbonyl (C=O) groups is 1. The molecule has 0 bridgehead atoms. The van der Waals surface area contributed by atoms with E-state index in [1.807, 2.05) is 27.7 Å². The number of nitrogens with one attached hydrogen (secondary N) is 1. The molecule has 148 valence electrons. The molecule has 0 radical (unpaired) electrons. The Labute approximate surface area is 164 Å². The maximum Gasteiger partial charge on any atom is 0.323 e. The first-order valence-electron chi connectivity index (χ1n) is 9.12. The monoisotopic (exact) mass is 396 g/mol. The van der Waals surface area contributed by atoms with Crippen molar-refractivity contribution in [3.8, 4) is 5.75 Å². The fourth-order valence-corrected chi connectivity index (χ4v) is 3.41. The summed E-state index contributed by atoms with van der Waals surface area (Å²) in [7, 11) is 1.36. The largest absolute Gasteiger partial charge is 0.487 e. The topological polar surface area (TPSA) is 60.5 Å². The molecule has 2 aromatic rings. The van der Waals surface area contributed by atoms with Crippen molar-refractivity contribution in [2.24, 2.45) is 0 Å². The van der Waals surface area contributed by atoms with E-state index in [2.05, 4.69) is 10.3 Å². The second-order valence-electron chi connectivity index (χ2n) is 6.18. The van der Waals surface area contributed by atoms with Crippen molar-refractivity contribution in [2.75, 3.05) is 13.7 Å². The minimum absolute atomic E-state index is 0.218. The molecule has 0 aliphatic carbocycles. The molecule has 27 heavy (non-hydrogen) atoms. The molecule has 3 unspecified atom stereocenters. The molecule has 5 nitrogen and oxygen atoms in total. The quantitative estimate of drug-likeness (QED) is 0.617. The average molecular weight is 397 g/mol. The number of pyridine rings is 1. The molecule has 7 heteroatoms. The van der Waals surface area contributed by atoms with Crippen LogP contribution >= 0.6 is 11.6 Å². The number of nitrogens with zero attached hydrogens (tertiary/aromatic N) is 1. The Morgan fingerprint density at radius 1 is 1.41 bits per heavy atom. The second kappa shape index (κ2) is 9.33. The fourth-order valence-electron chi connectivity index (χ4n) is 3.20. The number of alkyl halides is 1. The zero-order valence-electron chi connectivity index (χ0n) is 16.3. The van der Waals surface area contributed by atoms with E-state index >= 15 is 0 Å². The van der Waals surface area contributed by atoms with Crippen LogP contribution in [-0.4, -0.2) is 36.8 Å². The van der Waals surface area contributed by atoms with Crippen LogP contribution in [0.5, 0.6) is 5.75 Å². The second-order valence-corrected chi connectivity index (χ2v) is 6.83. The van der Waals surface area contributed by atoms with Crippen molar-refractivity contribution in [1.29, 1.82) is 0 Å². The molecule has 0 amide bonds. The van der Waals surface area contributed by atoms with Gasteiger partial charge in [0.05, 0.1) is 23.7 Å². The number of rotatable bonds is 4. The summed E-state index contributed by atoms with van der Waals surface area (Å²) in [5.41, 5.74) is 2.07. The molecule has 1 fully saturated rings. The van der Waals surface area contributed by atoms with Gasteiger partial charge in [0.1, 0.15) is 23.7 Å². The maximum atomic E-state index is 13.7. The zero-order valence-corrected chi connectivity index (χ0v) is 17.1. The van der Waals surface area contributed by atoms with Crippen LogP contribution in [0.1, 0.15) is 43.8 Å². The number of hydrogen-bond donors (Lipinski definition) is 1. The third-order valence-corrected chi connectivity index (χ3v) is 4.59. The van der Waals surface area contributed by atoms with E-state index in [1.165, 1.54) is 19.2 Å². The van der Waals surface area contributed by atoms with Crippen molar-refractivity contribution >= 4 is 28.5 Å². The SMILES string of the molecule is CC.COC(=O)C1CC(Oc2c(C)nc3ccc(F)cc3c2C(C)Cl)CN1. The summed E-state index contributed by atoms with van der Waals surface area (Å²) in [6.07, 6.45) is 0.272. The lowest BCUT2D eigenvalue weighted by Gasteiger charge is -2.21. The standard InChI is InChI=1S/C18H20ClFN2O3.C2H6/c1-9(19)16-13-6-11(20)4-5-14(13)22-10(2)17(16)25-12-7-15(21-8-12)18(23)24-3;1-2/h4-6,9,12,15,21H,7-8H2,1-3H3;1-2H3. The lowest BCUT2D eigenvalue weighted by Crippen LogP contribution is -2.31. The van der Waals surface area contributed by atoms with Crippen molar-refractivity contribution in [1.82, 2.24) is 10.3 Å². The van der Waals surface area contributed by atoms with Crippen molar-refractivity contribution in [3.63, 3.8) is 0 Å². The predicted octanol–water partition coefficient (Wildman–Crippen LogP) is 4.29. The van der Waals surface area contributed by atoms with Crippen LogP contribution in [-0.2, 0) is 9.53 Å². The normalized spacial score (nSPS) is 20.0. The number of hydrogen-bond acceptors (Lipinski definition) is 5. The van der Waals surface area contributed by atoms with Crippen molar-refractivity contribution < 1.29 is 18.7 Å². The Balaban J connectivity index is 0.00000126. The van der Waals surface area contributed by atoms with Gasteiger partial charge in [-0.3, -0.25) is 4.79 Å². The van der Waals surface area contributed by atoms with E-state index < -0.39 is 6.04 Å². The van der Waals surface area contributed by atoms with E-state index in [9.17, 15) is 9.18 Å². The first-order valence-corrected chi connectivity index (χ1v) is 9.56. The Morgan fingerprint density at radius 3 is 2.74 bits per heavy atom. The summed E-state index contributed by atoms with van der Waals surface area (Å²) < 4.78 is 24.6. The third kappa shape index (κ3) is 4.68. The Bertz CT molecular complexity index is 813. The van der Waals surface area contributed by atoms with Gasteiger partial charge in [-0.05, 0) is 32.0 Å². The van der Waals surface area contributed by atoms with Gasteiger partial charge in [0.2, 0.25) is 0 Å². The first kappa shape index (κ1) is 21.4.